The van der Waals surface area contributed by atoms with E-state index in [1.807, 2.05) is 0 Å². The van der Waals surface area contributed by atoms with Crippen molar-refractivity contribution in [2.75, 3.05) is 4.90 Å². The molecule has 2 aromatic rings. The van der Waals surface area contributed by atoms with Gasteiger partial charge >= 0.3 is 0 Å². The molecule has 1 heteroatoms. The molecule has 25 heavy (non-hydrogen) atoms. The van der Waals surface area contributed by atoms with Gasteiger partial charge in [-0.05, 0) is 49.0 Å². The molecular weight excluding hydrogens is 302 g/mol. The van der Waals surface area contributed by atoms with Gasteiger partial charge in [-0.1, -0.05) is 78.9 Å². The summed E-state index contributed by atoms with van der Waals surface area (Å²) in [4.78, 5) is 2.60. The topological polar surface area (TPSA) is 3.24 Å². The summed E-state index contributed by atoms with van der Waals surface area (Å²) in [6, 6.07) is 22.5. The van der Waals surface area contributed by atoms with E-state index in [4.69, 9.17) is 0 Å². The Balaban J connectivity index is 1.59. The van der Waals surface area contributed by atoms with E-state index in [0.29, 0.717) is 12.1 Å². The first-order valence-electron chi connectivity index (χ1n) is 9.36. The van der Waals surface area contributed by atoms with Crippen LogP contribution in [0.2, 0.25) is 0 Å². The number of benzene rings is 2. The van der Waals surface area contributed by atoms with Gasteiger partial charge in [0.2, 0.25) is 0 Å². The van der Waals surface area contributed by atoms with E-state index in [0.717, 1.165) is 6.42 Å². The lowest BCUT2D eigenvalue weighted by atomic mass is 9.93. The molecule has 2 atom stereocenters. The minimum atomic E-state index is 0.419. The molecule has 0 heterocycles. The fourth-order valence-electron chi connectivity index (χ4n) is 3.92. The summed E-state index contributed by atoms with van der Waals surface area (Å²) in [5.41, 5.74) is 3.97. The van der Waals surface area contributed by atoms with Crippen molar-refractivity contribution < 1.29 is 0 Å². The smallest absolute Gasteiger partial charge is 0.0517 e. The molecule has 0 radical (unpaired) electrons. The first-order valence-corrected chi connectivity index (χ1v) is 9.36. The largest absolute Gasteiger partial charge is 0.358 e. The van der Waals surface area contributed by atoms with E-state index in [-0.39, 0.29) is 0 Å². The Morgan fingerprint density at radius 1 is 0.800 bits per heavy atom. The summed E-state index contributed by atoms with van der Waals surface area (Å²) < 4.78 is 0. The number of para-hydroxylation sites is 1. The zero-order valence-corrected chi connectivity index (χ0v) is 14.6. The molecule has 0 aromatic heterocycles. The lowest BCUT2D eigenvalue weighted by Gasteiger charge is -2.39. The third-order valence-electron chi connectivity index (χ3n) is 5.18. The quantitative estimate of drug-likeness (QED) is 0.621. The third-order valence-corrected chi connectivity index (χ3v) is 5.18. The van der Waals surface area contributed by atoms with Gasteiger partial charge in [-0.25, -0.2) is 0 Å². The summed E-state index contributed by atoms with van der Waals surface area (Å²) in [5, 5.41) is 0. The molecule has 0 N–H and O–H groups in total. The van der Waals surface area contributed by atoms with Crippen LogP contribution in [0.25, 0.3) is 5.57 Å². The monoisotopic (exact) mass is 327 g/mol. The summed E-state index contributed by atoms with van der Waals surface area (Å²) in [6.45, 7) is 0. The molecule has 126 valence electrons. The highest BCUT2D eigenvalue weighted by atomic mass is 15.2. The molecule has 0 saturated carbocycles. The van der Waals surface area contributed by atoms with Gasteiger partial charge in [0.05, 0.1) is 6.04 Å². The Morgan fingerprint density at radius 3 is 2.20 bits per heavy atom. The van der Waals surface area contributed by atoms with Crippen LogP contribution in [0.5, 0.6) is 0 Å². The van der Waals surface area contributed by atoms with Crippen molar-refractivity contribution >= 4 is 11.3 Å². The Kier molecular flexibility index (Phi) is 4.83. The number of hydrogen-bond donors (Lipinski definition) is 0. The predicted octanol–water partition coefficient (Wildman–Crippen LogP) is 6.01. The molecule has 2 aromatic carbocycles. The molecule has 4 rings (SSSR count). The van der Waals surface area contributed by atoms with Gasteiger partial charge < -0.3 is 4.90 Å². The summed E-state index contributed by atoms with van der Waals surface area (Å²) in [6.07, 6.45) is 16.6. The minimum Gasteiger partial charge on any atom is -0.358 e. The van der Waals surface area contributed by atoms with Gasteiger partial charge in [0.1, 0.15) is 0 Å². The van der Waals surface area contributed by atoms with Gasteiger partial charge in [-0.15, -0.1) is 0 Å². The standard InChI is InChI=1S/C24H25N/c1-4-10-20(11-5-1)21-16-18-24(19-17-21)25(22-12-6-2-7-13-22)23-14-8-3-9-15-23/h1-2,4-8,10-14,16-18,23-24H,3,9,15,19H2. The van der Waals surface area contributed by atoms with Crippen molar-refractivity contribution in [1.29, 1.82) is 0 Å². The maximum absolute atomic E-state index is 2.60. The number of rotatable bonds is 4. The van der Waals surface area contributed by atoms with Gasteiger partial charge in [-0.3, -0.25) is 0 Å². The number of nitrogens with zero attached hydrogens (tertiary/aromatic N) is 1. The third kappa shape index (κ3) is 3.61. The molecule has 2 aliphatic rings. The van der Waals surface area contributed by atoms with Gasteiger partial charge in [0, 0.05) is 11.7 Å². The zero-order chi connectivity index (χ0) is 16.9. The Morgan fingerprint density at radius 2 is 1.56 bits per heavy atom. The van der Waals surface area contributed by atoms with E-state index >= 15 is 0 Å². The van der Waals surface area contributed by atoms with Crippen LogP contribution in [-0.4, -0.2) is 12.1 Å². The Hall–Kier alpha value is -2.54. The molecule has 0 aliphatic heterocycles. The van der Waals surface area contributed by atoms with Crippen molar-refractivity contribution in [2.24, 2.45) is 0 Å². The second-order valence-corrected chi connectivity index (χ2v) is 6.86. The van der Waals surface area contributed by atoms with Crippen molar-refractivity contribution in [3.63, 3.8) is 0 Å². The molecule has 2 unspecified atom stereocenters. The molecule has 0 amide bonds. The van der Waals surface area contributed by atoms with E-state index in [9.17, 15) is 0 Å². The lowest BCUT2D eigenvalue weighted by molar-refractivity contribution is 0.550. The van der Waals surface area contributed by atoms with Gasteiger partial charge in [0.25, 0.3) is 0 Å². The fourth-order valence-corrected chi connectivity index (χ4v) is 3.92. The van der Waals surface area contributed by atoms with Crippen LogP contribution in [0, 0.1) is 0 Å². The average Bonchev–Trinajstić information content (AvgIpc) is 2.71. The van der Waals surface area contributed by atoms with Crippen LogP contribution in [0.15, 0.2) is 91.0 Å². The summed E-state index contributed by atoms with van der Waals surface area (Å²) in [5.74, 6) is 0. The average molecular weight is 327 g/mol. The summed E-state index contributed by atoms with van der Waals surface area (Å²) >= 11 is 0. The van der Waals surface area contributed by atoms with Crippen LogP contribution in [0.1, 0.15) is 31.2 Å². The highest BCUT2D eigenvalue weighted by Crippen LogP contribution is 2.31. The van der Waals surface area contributed by atoms with E-state index in [1.54, 1.807) is 0 Å². The molecule has 0 bridgehead atoms. The highest BCUT2D eigenvalue weighted by Gasteiger charge is 2.25. The Bertz CT molecular complexity index is 770. The van der Waals surface area contributed by atoms with E-state index < -0.39 is 0 Å². The van der Waals surface area contributed by atoms with E-state index in [1.165, 1.54) is 36.1 Å². The van der Waals surface area contributed by atoms with Crippen molar-refractivity contribution in [3.05, 3.63) is 96.6 Å². The molecule has 0 saturated heterocycles. The van der Waals surface area contributed by atoms with Crippen molar-refractivity contribution in [3.8, 4) is 0 Å². The number of anilines is 1. The first kappa shape index (κ1) is 16.0. The maximum Gasteiger partial charge on any atom is 0.0517 e. The van der Waals surface area contributed by atoms with Crippen molar-refractivity contribution in [1.82, 2.24) is 0 Å². The minimum absolute atomic E-state index is 0.419. The SMILES string of the molecule is C1=CC(N(c2ccccc2)C2C=CC(c3ccccc3)=CC2)CCC1. The molecule has 2 aliphatic carbocycles. The number of hydrogen-bond acceptors (Lipinski definition) is 1. The van der Waals surface area contributed by atoms with Crippen LogP contribution < -0.4 is 4.90 Å². The van der Waals surface area contributed by atoms with Crippen LogP contribution >= 0.6 is 0 Å². The molecule has 1 nitrogen and oxygen atoms in total. The molecule has 0 fully saturated rings. The Labute approximate surface area is 151 Å². The van der Waals surface area contributed by atoms with Crippen LogP contribution in [0.4, 0.5) is 5.69 Å². The predicted molar refractivity (Wildman–Crippen MR) is 108 cm³/mol. The lowest BCUT2D eigenvalue weighted by Crippen LogP contribution is -2.42. The number of allylic oxidation sites excluding steroid dienone is 3. The maximum atomic E-state index is 2.60. The molecular formula is C24H25N. The van der Waals surface area contributed by atoms with Gasteiger partial charge in [0.15, 0.2) is 0 Å². The van der Waals surface area contributed by atoms with E-state index in [2.05, 4.69) is 95.9 Å². The second kappa shape index (κ2) is 7.57. The van der Waals surface area contributed by atoms with Crippen molar-refractivity contribution in [2.45, 2.75) is 37.8 Å². The highest BCUT2D eigenvalue weighted by molar-refractivity contribution is 5.75. The van der Waals surface area contributed by atoms with Crippen LogP contribution in [-0.2, 0) is 0 Å². The summed E-state index contributed by atoms with van der Waals surface area (Å²) in [7, 11) is 0. The molecule has 0 spiro atoms. The zero-order valence-electron chi connectivity index (χ0n) is 14.6. The fraction of sp³-hybridized carbons (Fsp3) is 0.250. The van der Waals surface area contributed by atoms with Gasteiger partial charge in [-0.2, -0.15) is 0 Å². The first-order chi connectivity index (χ1) is 12.4. The normalized spacial score (nSPS) is 22.5. The van der Waals surface area contributed by atoms with Crippen LogP contribution in [0.3, 0.4) is 0 Å². The second-order valence-electron chi connectivity index (χ2n) is 6.86.